The van der Waals surface area contributed by atoms with Gasteiger partial charge in [0, 0.05) is 22.8 Å². The molecule has 1 atom stereocenters. The molecular formula is C46H48O10. The standard InChI is InChI=1S/C46H48O10/c1-43(2,39(49)29-14-9-18-33(47)24-29)53-35-20-11-16-31(26-35)41(51)45(5,6)55-37-22-13-23-38(28-37)56-46(7,8)42(52)32-17-12-21-36(27-32)54-44(3,4)40(50)30-15-10-19-34(48)25-30/h9-28,39,47-49H,1-8H3. The second-order valence-electron chi connectivity index (χ2n) is 15.6. The Morgan fingerprint density at radius 2 is 0.786 bits per heavy atom. The van der Waals surface area contributed by atoms with E-state index in [9.17, 15) is 29.7 Å². The molecule has 0 fully saturated rings. The summed E-state index contributed by atoms with van der Waals surface area (Å²) in [6.07, 6.45) is -1.07. The Morgan fingerprint density at radius 3 is 1.21 bits per heavy atom. The van der Waals surface area contributed by atoms with Gasteiger partial charge in [0.15, 0.2) is 16.8 Å². The van der Waals surface area contributed by atoms with Crippen LogP contribution in [0, 0.1) is 0 Å². The van der Waals surface area contributed by atoms with Crippen LogP contribution in [0.25, 0.3) is 0 Å². The Hall–Kier alpha value is -6.13. The van der Waals surface area contributed by atoms with Crippen molar-refractivity contribution in [3.8, 4) is 34.5 Å². The van der Waals surface area contributed by atoms with E-state index in [1.807, 2.05) is 0 Å². The van der Waals surface area contributed by atoms with Gasteiger partial charge in [0.05, 0.1) is 0 Å². The highest BCUT2D eigenvalue weighted by atomic mass is 16.5. The molecule has 5 rings (SSSR count). The van der Waals surface area contributed by atoms with Crippen LogP contribution in [0.4, 0.5) is 0 Å². The third-order valence-corrected chi connectivity index (χ3v) is 9.09. The average Bonchev–Trinajstić information content (AvgIpc) is 3.13. The Morgan fingerprint density at radius 1 is 0.446 bits per heavy atom. The van der Waals surface area contributed by atoms with E-state index in [1.165, 1.54) is 24.3 Å². The summed E-state index contributed by atoms with van der Waals surface area (Å²) < 4.78 is 24.6. The van der Waals surface area contributed by atoms with Crippen molar-refractivity contribution in [1.82, 2.24) is 0 Å². The molecule has 0 aliphatic carbocycles. The molecule has 0 aliphatic heterocycles. The lowest BCUT2D eigenvalue weighted by Gasteiger charge is -2.32. The van der Waals surface area contributed by atoms with Crippen LogP contribution >= 0.6 is 0 Å². The van der Waals surface area contributed by atoms with Crippen LogP contribution in [0.2, 0.25) is 0 Å². The van der Waals surface area contributed by atoms with E-state index >= 15 is 0 Å². The molecule has 0 amide bonds. The molecule has 10 nitrogen and oxygen atoms in total. The molecule has 292 valence electrons. The van der Waals surface area contributed by atoms with Gasteiger partial charge in [0.1, 0.15) is 46.2 Å². The lowest BCUT2D eigenvalue weighted by atomic mass is 9.93. The summed E-state index contributed by atoms with van der Waals surface area (Å²) in [5.74, 6) is 0.308. The molecule has 0 heterocycles. The number of aromatic hydroxyl groups is 2. The highest BCUT2D eigenvalue weighted by molar-refractivity contribution is 6.04. The number of benzene rings is 5. The zero-order chi connectivity index (χ0) is 41.1. The maximum absolute atomic E-state index is 13.8. The van der Waals surface area contributed by atoms with Crippen LogP contribution in [0.1, 0.15) is 98.1 Å². The summed E-state index contributed by atoms with van der Waals surface area (Å²) in [5, 5.41) is 30.7. The van der Waals surface area contributed by atoms with Crippen molar-refractivity contribution >= 4 is 17.3 Å². The summed E-state index contributed by atoms with van der Waals surface area (Å²) in [6, 6.07) is 32.1. The van der Waals surface area contributed by atoms with Crippen molar-refractivity contribution in [2.45, 2.75) is 83.9 Å². The maximum atomic E-state index is 13.8. The van der Waals surface area contributed by atoms with Gasteiger partial charge < -0.3 is 34.3 Å². The van der Waals surface area contributed by atoms with Crippen LogP contribution < -0.4 is 18.9 Å². The first-order valence-corrected chi connectivity index (χ1v) is 18.1. The first-order valence-electron chi connectivity index (χ1n) is 18.1. The smallest absolute Gasteiger partial charge is 0.205 e. The number of rotatable bonds is 16. The fourth-order valence-corrected chi connectivity index (χ4v) is 6.17. The van der Waals surface area contributed by atoms with E-state index in [0.29, 0.717) is 45.3 Å². The van der Waals surface area contributed by atoms with Crippen LogP contribution in [0.3, 0.4) is 0 Å². The second kappa shape index (κ2) is 15.9. The number of ketones is 3. The van der Waals surface area contributed by atoms with Gasteiger partial charge in [-0.15, -0.1) is 0 Å². The largest absolute Gasteiger partial charge is 0.508 e. The van der Waals surface area contributed by atoms with E-state index in [2.05, 4.69) is 0 Å². The van der Waals surface area contributed by atoms with Gasteiger partial charge >= 0.3 is 0 Å². The first kappa shape index (κ1) is 41.0. The molecule has 0 bridgehead atoms. The van der Waals surface area contributed by atoms with Crippen molar-refractivity contribution < 1.29 is 48.7 Å². The topological polar surface area (TPSA) is 149 Å². The highest BCUT2D eigenvalue weighted by Crippen LogP contribution is 2.34. The second-order valence-corrected chi connectivity index (χ2v) is 15.6. The SMILES string of the molecule is CC(C)(Oc1cccc(C(=O)C(C)(C)Oc2cccc(OC(C)(C)C(=O)c3cccc(OC(C)(C)C(O)c4cccc(O)c4)c3)c2)c1)C(=O)c1cccc(O)c1. The number of carbonyl (C=O) groups is 3. The third-order valence-electron chi connectivity index (χ3n) is 9.09. The lowest BCUT2D eigenvalue weighted by Crippen LogP contribution is -2.39. The number of aliphatic hydroxyl groups is 1. The molecule has 5 aromatic rings. The van der Waals surface area contributed by atoms with Crippen molar-refractivity contribution in [3.63, 3.8) is 0 Å². The Kier molecular flexibility index (Phi) is 11.7. The van der Waals surface area contributed by atoms with Crippen molar-refractivity contribution in [2.75, 3.05) is 0 Å². The molecule has 10 heteroatoms. The van der Waals surface area contributed by atoms with E-state index in [0.717, 1.165) is 0 Å². The number of Topliss-reactive ketones (excluding diaryl/α,β-unsaturated/α-hetero) is 3. The Labute approximate surface area is 327 Å². The summed E-state index contributed by atoms with van der Waals surface area (Å²) >= 11 is 0. The molecule has 0 spiro atoms. The third kappa shape index (κ3) is 9.75. The van der Waals surface area contributed by atoms with Crippen molar-refractivity contribution in [3.05, 3.63) is 144 Å². The van der Waals surface area contributed by atoms with Crippen LogP contribution in [-0.2, 0) is 0 Å². The van der Waals surface area contributed by atoms with Gasteiger partial charge in [-0.1, -0.05) is 54.6 Å². The lowest BCUT2D eigenvalue weighted by molar-refractivity contribution is -0.0302. The molecular weight excluding hydrogens is 712 g/mol. The van der Waals surface area contributed by atoms with Crippen LogP contribution in [0.5, 0.6) is 34.5 Å². The number of carbonyl (C=O) groups excluding carboxylic acids is 3. The van der Waals surface area contributed by atoms with E-state index < -0.39 is 28.5 Å². The molecule has 0 saturated carbocycles. The van der Waals surface area contributed by atoms with E-state index in [1.54, 1.807) is 152 Å². The number of phenols is 2. The number of hydrogen-bond acceptors (Lipinski definition) is 10. The van der Waals surface area contributed by atoms with Crippen molar-refractivity contribution in [1.29, 1.82) is 0 Å². The number of aliphatic hydroxyl groups excluding tert-OH is 1. The van der Waals surface area contributed by atoms with Crippen LogP contribution in [-0.4, -0.2) is 55.1 Å². The van der Waals surface area contributed by atoms with Gasteiger partial charge in [-0.05, 0) is 122 Å². The molecule has 0 radical (unpaired) electrons. The average molecular weight is 761 g/mol. The fraction of sp³-hybridized carbons (Fsp3) is 0.283. The summed E-state index contributed by atoms with van der Waals surface area (Å²) in [6.45, 7) is 13.2. The van der Waals surface area contributed by atoms with Crippen molar-refractivity contribution in [2.24, 2.45) is 0 Å². The number of hydrogen-bond donors (Lipinski definition) is 3. The maximum Gasteiger partial charge on any atom is 0.205 e. The molecule has 5 aromatic carbocycles. The molecule has 56 heavy (non-hydrogen) atoms. The monoisotopic (exact) mass is 760 g/mol. The number of phenolic OH excluding ortho intramolecular Hbond substituents is 2. The zero-order valence-corrected chi connectivity index (χ0v) is 32.8. The summed E-state index contributed by atoms with van der Waals surface area (Å²) in [5.41, 5.74) is -3.70. The fourth-order valence-electron chi connectivity index (χ4n) is 6.17. The minimum atomic E-state index is -1.35. The first-order chi connectivity index (χ1) is 26.2. The molecule has 3 N–H and O–H groups in total. The predicted octanol–water partition coefficient (Wildman–Crippen LogP) is 9.11. The normalized spacial score (nSPS) is 12.7. The van der Waals surface area contributed by atoms with Gasteiger partial charge in [0.25, 0.3) is 0 Å². The zero-order valence-electron chi connectivity index (χ0n) is 32.8. The molecule has 0 aliphatic rings. The minimum absolute atomic E-state index is 0.0257. The summed E-state index contributed by atoms with van der Waals surface area (Å²) in [7, 11) is 0. The summed E-state index contributed by atoms with van der Waals surface area (Å²) in [4.78, 5) is 40.8. The van der Waals surface area contributed by atoms with Gasteiger partial charge in [0.2, 0.25) is 17.3 Å². The predicted molar refractivity (Wildman–Crippen MR) is 212 cm³/mol. The van der Waals surface area contributed by atoms with Gasteiger partial charge in [-0.3, -0.25) is 14.4 Å². The quantitative estimate of drug-likeness (QED) is 0.0832. The number of ether oxygens (including phenoxy) is 4. The Balaban J connectivity index is 1.25. The molecule has 0 aromatic heterocycles. The molecule has 1 unspecified atom stereocenters. The van der Waals surface area contributed by atoms with Crippen LogP contribution in [0.15, 0.2) is 121 Å². The molecule has 0 saturated heterocycles. The van der Waals surface area contributed by atoms with Gasteiger partial charge in [-0.2, -0.15) is 0 Å². The Bertz CT molecular complexity index is 2230. The highest BCUT2D eigenvalue weighted by Gasteiger charge is 2.36. The van der Waals surface area contributed by atoms with Gasteiger partial charge in [-0.25, -0.2) is 0 Å². The van der Waals surface area contributed by atoms with E-state index in [-0.39, 0.29) is 28.8 Å². The minimum Gasteiger partial charge on any atom is -0.508 e. The van der Waals surface area contributed by atoms with E-state index in [4.69, 9.17) is 18.9 Å².